The average Bonchev–Trinajstić information content (AvgIpc) is 1.65. The minimum absolute atomic E-state index is 0. The molecule has 33 heteroatoms. The molecule has 7 fully saturated rings. The largest absolute Gasteiger partial charge is 0.495 e. The molecule has 5 aromatic carbocycles. The maximum absolute atomic E-state index is 12.2. The Morgan fingerprint density at radius 2 is 0.864 bits per heavy atom. The molecule has 0 bridgehead atoms. The number of ether oxygens (including phenoxy) is 7. The van der Waals surface area contributed by atoms with E-state index in [1.54, 1.807) is 54.6 Å². The van der Waals surface area contributed by atoms with Gasteiger partial charge in [-0.2, -0.15) is 8.42 Å². The van der Waals surface area contributed by atoms with Crippen LogP contribution in [0.25, 0.3) is 0 Å². The van der Waals surface area contributed by atoms with Crippen molar-refractivity contribution in [3.63, 3.8) is 0 Å². The topological polar surface area (TPSA) is 488 Å². The van der Waals surface area contributed by atoms with Crippen molar-refractivity contribution in [2.45, 2.75) is 244 Å². The van der Waals surface area contributed by atoms with Crippen molar-refractivity contribution in [1.82, 2.24) is 0 Å². The fourth-order valence-electron chi connectivity index (χ4n) is 16.5. The van der Waals surface area contributed by atoms with Gasteiger partial charge in [-0.1, -0.05) is 167 Å². The maximum atomic E-state index is 12.2. The minimum atomic E-state index is -4.02. The van der Waals surface area contributed by atoms with Crippen LogP contribution in [-0.2, 0) is 48.3 Å². The van der Waals surface area contributed by atoms with E-state index in [2.05, 4.69) is 24.3 Å². The van der Waals surface area contributed by atoms with Gasteiger partial charge in [-0.3, -0.25) is 28.5 Å². The number of carboxylic acid groups (broad SMARTS) is 4. The number of carbonyl (C=O) groups is 5. The number of aliphatic carboxylic acids is 4. The molecule has 7 aliphatic rings. The number of fused-ring (bicyclic) bond motifs is 2. The number of allylic oxidation sites excluding steroid dienone is 4. The van der Waals surface area contributed by atoms with Gasteiger partial charge >= 0.3 is 23.9 Å². The van der Waals surface area contributed by atoms with Crippen LogP contribution >= 0.6 is 15.9 Å². The molecule has 2 unspecified atom stereocenters. The number of carboxylic acids is 4. The predicted octanol–water partition coefficient (Wildman–Crippen LogP) is 11.9. The molecule has 12 rings (SSSR count). The van der Waals surface area contributed by atoms with Crippen molar-refractivity contribution in [1.29, 1.82) is 1.34 Å². The van der Waals surface area contributed by atoms with Gasteiger partial charge in [-0.15, -0.1) is 0 Å². The van der Waals surface area contributed by atoms with Gasteiger partial charge in [0.1, 0.15) is 85.7 Å². The fourth-order valence-corrected chi connectivity index (χ4v) is 17.6. The summed E-state index contributed by atoms with van der Waals surface area (Å²) in [7, 11) is -0.270. The molecule has 132 heavy (non-hydrogen) atoms. The van der Waals surface area contributed by atoms with Crippen LogP contribution in [0.15, 0.2) is 223 Å². The molecule has 3 saturated heterocycles. The van der Waals surface area contributed by atoms with Crippen molar-refractivity contribution in [2.24, 2.45) is 47.3 Å². The predicted molar refractivity (Wildman–Crippen MR) is 496 cm³/mol. The molecule has 5 aromatic rings. The van der Waals surface area contributed by atoms with Gasteiger partial charge in [-0.25, -0.2) is 0 Å². The normalized spacial score (nSPS) is 25.9. The number of halogens is 1. The number of aryl methyl sites for hydroxylation is 1. The van der Waals surface area contributed by atoms with Crippen molar-refractivity contribution < 1.29 is 173 Å². The number of hydrogen-bond acceptors (Lipinski definition) is 24. The second-order valence-corrected chi connectivity index (χ2v) is 36.2. The molecular weight excluding hydrogens is 2010 g/mol. The summed E-state index contributed by atoms with van der Waals surface area (Å²) in [6.45, 7) is 4.32. The first-order valence-corrected chi connectivity index (χ1v) is 47.2. The molecule has 22 atom stereocenters. The Kier molecular flexibility index (Phi) is 53.6. The third-order valence-corrected chi connectivity index (χ3v) is 25.3. The zero-order valence-corrected chi connectivity index (χ0v) is 81.3. The van der Waals surface area contributed by atoms with E-state index in [1.807, 2.05) is 146 Å². The average molecular weight is 2150 g/mol. The molecule has 0 spiro atoms. The molecular formula is C99H134BBrO29SU. The SMILES string of the molecule is C1CCOC1.Cc1ccc(S(=O)(=O)O)cc1.O=C(O)CCC/C=C\C[C@@H]1[C@@H](/C=C/[C@@H](O)COc2ccccc2)[C@H](O)C[C@@H]1O.O=C(O)CCCC(Br)C1C[C@@H]2[C@@H](/C=C/[C@@H](O)COc3ccccc3)[C@H](O)C[C@@H]2O1.O=C(O)CCCC=C1C[C@@H]2[C@@H](/C=C/[C@@H](O)COc3ccccc3)[C@H](O)C[C@@H]2O1.O=C(O)CCCCC(=O)C[C@@H]1[C@@H](/C=C/[C@@H](O)COc2ccccc2)[C@H](O)C[C@@H]1O.[2H][B].[U]. The van der Waals surface area contributed by atoms with Crippen LogP contribution in [0.4, 0.5) is 0 Å². The van der Waals surface area contributed by atoms with Gasteiger partial charge in [-0.05, 0) is 164 Å². The molecule has 0 amide bonds. The molecule has 3 aliphatic heterocycles. The molecule has 29 nitrogen and oxygen atoms in total. The first kappa shape index (κ1) is 113. The van der Waals surface area contributed by atoms with Crippen molar-refractivity contribution >= 4 is 64.1 Å². The third kappa shape index (κ3) is 43.9. The summed E-state index contributed by atoms with van der Waals surface area (Å²) < 4.78 is 73.9. The van der Waals surface area contributed by atoms with E-state index in [0.717, 1.165) is 43.8 Å². The van der Waals surface area contributed by atoms with Crippen LogP contribution in [-0.4, -0.2) is 248 Å². The number of aliphatic hydroxyl groups excluding tert-OH is 10. The number of unbranched alkanes of at least 4 members (excludes halogenated alkanes) is 3. The Morgan fingerprint density at radius 3 is 1.30 bits per heavy atom. The summed E-state index contributed by atoms with van der Waals surface area (Å²) in [5.41, 5.74) is 0.956. The summed E-state index contributed by atoms with van der Waals surface area (Å²) in [5, 5.41) is 137. The maximum Gasteiger partial charge on any atom is 0.303 e. The quantitative estimate of drug-likeness (QED) is 0.00566. The Balaban J connectivity index is 0.000000293. The van der Waals surface area contributed by atoms with E-state index in [0.29, 0.717) is 93.6 Å². The standard InChI is InChI=1S/C22H29BrO6.C22H30O7.C22H28O6.C22H30O6.C7H8O3S.C4H8O.BH.U/c23-18(7-4-8-22(26)27)21-11-17-16(19(25)12-20(17)29-21)10-9-14(24)13-28-15-5-2-1-3-6-15;23-15(6-4-5-9-22(27)28)12-19-18(20(25)13-21(19)26)11-10-16(24)14-29-17-7-2-1-3-8-17;23-15(14-27-16-6-2-1-3-7-16)10-11-18-19-12-17(8-4-5-9-22(25)26)28-21(19)13-20(18)24;23-16(15-28-17-8-4-3-5-9-17)12-13-19-18(20(24)14-21(19)25)10-6-1-2-7-11-22(26)27;1-6-2-4-7(5-3-6)11(8,9)10;1-2-4-5-3-1;;/h1-3,5-6,9-10,14,16-21,24-25H,4,7-8,11-13H2,(H,26,27);1-3,7-8,10-11,16,18-21,24-26H,4-6,9,12-14H2,(H,27,28);1-3,6-8,10-11,15,18-21,23-24H,4-5,9,12-14H2,(H,25,26);1,3-6,8-9,12-13,16,18-21,23-25H,2,7,10-11,14-15H2,(H,26,27);2-5H,1H3,(H,8,9,10);1-4H2;1H;/b10-9+;11-10+;11-10+,17-8?;6-1-,13-12+;;;;/t14-,16-,17-,18?,19-,20+,21?;16-,18-,19-,20-,21+;15-,18-,19-,20-,21+;16-,18-,19-,20+,21-;;;;/m1111..../s1/i;;;;;;1D;. The molecule has 2 radical (unpaired) electrons. The number of carbonyl (C=O) groups excluding carboxylic acids is 1. The number of ketones is 1. The number of alkyl halides is 1. The number of para-hydroxylation sites is 4. The smallest absolute Gasteiger partial charge is 0.303 e. The van der Waals surface area contributed by atoms with Crippen molar-refractivity contribution in [3.8, 4) is 23.0 Å². The number of Topliss-reactive ketones (excluding diaryl/α,β-unsaturated/α-hetero) is 1. The van der Waals surface area contributed by atoms with Crippen LogP contribution in [0, 0.1) is 85.4 Å². The van der Waals surface area contributed by atoms with Gasteiger partial charge in [0.2, 0.25) is 0 Å². The minimum Gasteiger partial charge on any atom is -0.495 e. The van der Waals surface area contributed by atoms with Gasteiger partial charge in [0.05, 0.1) is 59.5 Å². The molecule has 15 N–H and O–H groups in total. The van der Waals surface area contributed by atoms with Crippen LogP contribution in [0.5, 0.6) is 23.0 Å². The fraction of sp³-hybridized carbons (Fsp3) is 0.525. The Morgan fingerprint density at radius 1 is 0.477 bits per heavy atom. The molecule has 4 aliphatic carbocycles. The summed E-state index contributed by atoms with van der Waals surface area (Å²) in [4.78, 5) is 54.5. The number of rotatable bonds is 43. The second-order valence-electron chi connectivity index (χ2n) is 33.6. The van der Waals surface area contributed by atoms with E-state index in [9.17, 15) is 83.5 Å². The summed E-state index contributed by atoms with van der Waals surface area (Å²) in [6.07, 6.45) is 24.6. The van der Waals surface area contributed by atoms with Gasteiger partial charge in [0.15, 0.2) is 0 Å². The van der Waals surface area contributed by atoms with Crippen LogP contribution in [0.2, 0.25) is 0 Å². The van der Waals surface area contributed by atoms with Gasteiger partial charge in [0.25, 0.3) is 10.1 Å². The van der Waals surface area contributed by atoms with Crippen LogP contribution in [0.3, 0.4) is 0 Å². The van der Waals surface area contributed by atoms with Crippen molar-refractivity contribution in [3.05, 3.63) is 224 Å². The molecule has 4 saturated carbocycles. The Hall–Kier alpha value is -7.88. The summed E-state index contributed by atoms with van der Waals surface area (Å²) in [5.74, 6) is -0.666. The monoisotopic (exact) mass is 2150 g/mol. The van der Waals surface area contributed by atoms with E-state index in [4.69, 9.17) is 59.5 Å². The van der Waals surface area contributed by atoms with E-state index < -0.39 is 107 Å². The third-order valence-electron chi connectivity index (χ3n) is 23.4. The van der Waals surface area contributed by atoms with Crippen LogP contribution < -0.4 is 18.9 Å². The Labute approximate surface area is 809 Å². The molecule has 3 heterocycles. The molecule has 724 valence electrons. The van der Waals surface area contributed by atoms with Crippen LogP contribution in [0.1, 0.15) is 153 Å². The summed E-state index contributed by atoms with van der Waals surface area (Å²) in [6, 6.07) is 43.0. The van der Waals surface area contributed by atoms with Gasteiger partial charge in [0, 0.05) is 164 Å². The van der Waals surface area contributed by atoms with E-state index in [-0.39, 0.29) is 172 Å². The first-order valence-electron chi connectivity index (χ1n) is 45.4. The molecule has 0 aromatic heterocycles. The van der Waals surface area contributed by atoms with Crippen molar-refractivity contribution in [2.75, 3.05) is 39.6 Å². The number of aliphatic hydroxyl groups is 10. The first-order chi connectivity index (χ1) is 63.3. The van der Waals surface area contributed by atoms with E-state index in [1.165, 1.54) is 31.1 Å². The van der Waals surface area contributed by atoms with Gasteiger partial charge < -0.3 is 105 Å². The zero-order valence-electron chi connectivity index (χ0n) is 75.7. The Bertz CT molecular complexity index is 4330. The number of benzene rings is 5. The van der Waals surface area contributed by atoms with E-state index >= 15 is 0 Å². The second kappa shape index (κ2) is 62.7. The number of hydrogen-bond donors (Lipinski definition) is 15. The summed E-state index contributed by atoms with van der Waals surface area (Å²) >= 11 is 3.65. The zero-order chi connectivity index (χ0) is 96.3.